The molecule has 1 aliphatic rings. The Balaban J connectivity index is 1.76. The van der Waals surface area contributed by atoms with Gasteiger partial charge in [-0.1, -0.05) is 37.3 Å². The van der Waals surface area contributed by atoms with Crippen molar-refractivity contribution in [1.29, 1.82) is 0 Å². The number of nitrogens with zero attached hydrogens (tertiary/aromatic N) is 2. The monoisotopic (exact) mass is 236 g/mol. The van der Waals surface area contributed by atoms with Crippen molar-refractivity contribution in [2.45, 2.75) is 51.4 Å². The minimum absolute atomic E-state index is 0.657. The van der Waals surface area contributed by atoms with E-state index in [1.165, 1.54) is 32.1 Å². The van der Waals surface area contributed by atoms with Gasteiger partial charge in [0.05, 0.1) is 6.42 Å². The lowest BCUT2D eigenvalue weighted by Gasteiger charge is -2.19. The highest BCUT2D eigenvalue weighted by molar-refractivity contribution is 4.98. The number of hydrogen-bond acceptors (Lipinski definition) is 4. The predicted molar refractivity (Wildman–Crippen MR) is 66.3 cm³/mol. The first kappa shape index (κ1) is 12.6. The van der Waals surface area contributed by atoms with E-state index in [2.05, 4.69) is 10.1 Å². The molecule has 17 heavy (non-hydrogen) atoms. The lowest BCUT2D eigenvalue weighted by Crippen LogP contribution is -2.10. The molecule has 0 unspecified atom stereocenters. The van der Waals surface area contributed by atoms with Gasteiger partial charge in [-0.3, -0.25) is 0 Å². The summed E-state index contributed by atoms with van der Waals surface area (Å²) in [6.07, 6.45) is 11.6. The normalized spacial score (nSPS) is 17.5. The van der Waals surface area contributed by atoms with Crippen LogP contribution in [0, 0.1) is 12.3 Å². The lowest BCUT2D eigenvalue weighted by atomic mass is 9.87. The predicted octanol–water partition coefficient (Wildman–Crippen LogP) is 2.48. The zero-order chi connectivity index (χ0) is 11.9. The number of unbranched alkanes of at least 4 members (excludes halogenated alkanes) is 1. The van der Waals surface area contributed by atoms with Crippen LogP contribution in [0.5, 0.6) is 0 Å². The molecular weight excluding hydrogens is 214 g/mol. The van der Waals surface area contributed by atoms with Gasteiger partial charge in [0.1, 0.15) is 0 Å². The Hall–Kier alpha value is -0.900. The fourth-order valence-corrected chi connectivity index (χ4v) is 2.43. The van der Waals surface area contributed by atoms with Gasteiger partial charge in [0, 0.05) is 6.42 Å². The van der Waals surface area contributed by atoms with Gasteiger partial charge in [0.15, 0.2) is 5.82 Å². The van der Waals surface area contributed by atoms with E-state index in [1.54, 1.807) is 0 Å². The van der Waals surface area contributed by atoms with E-state index in [-0.39, 0.29) is 0 Å². The Labute approximate surface area is 103 Å². The van der Waals surface area contributed by atoms with Crippen LogP contribution in [-0.4, -0.2) is 16.7 Å². The van der Waals surface area contributed by atoms with Crippen LogP contribution in [0.3, 0.4) is 0 Å². The molecule has 1 aromatic rings. The van der Waals surface area contributed by atoms with Crippen molar-refractivity contribution in [3.63, 3.8) is 0 Å². The molecule has 2 N–H and O–H groups in total. The Morgan fingerprint density at radius 1 is 1.29 bits per heavy atom. The Morgan fingerprint density at radius 2 is 2.12 bits per heavy atom. The molecule has 2 rings (SSSR count). The summed E-state index contributed by atoms with van der Waals surface area (Å²) in [7, 11) is 0. The maximum absolute atomic E-state index is 5.43. The van der Waals surface area contributed by atoms with Gasteiger partial charge in [0.25, 0.3) is 0 Å². The Morgan fingerprint density at radius 3 is 2.88 bits per heavy atom. The largest absolute Gasteiger partial charge is 0.339 e. The molecule has 1 saturated carbocycles. The van der Waals surface area contributed by atoms with Gasteiger partial charge in [-0.25, -0.2) is 0 Å². The van der Waals surface area contributed by atoms with Crippen LogP contribution in [0.2, 0.25) is 0 Å². The highest BCUT2D eigenvalue weighted by Crippen LogP contribution is 2.26. The molecule has 0 aromatic carbocycles. The van der Waals surface area contributed by atoms with Gasteiger partial charge in [-0.05, 0) is 25.3 Å². The molecule has 1 heterocycles. The highest BCUT2D eigenvalue weighted by Gasteiger charge is 2.17. The fourth-order valence-electron chi connectivity index (χ4n) is 2.43. The third-order valence-corrected chi connectivity index (χ3v) is 3.41. The van der Waals surface area contributed by atoms with Crippen molar-refractivity contribution in [2.75, 3.05) is 6.54 Å². The maximum atomic E-state index is 5.43. The summed E-state index contributed by atoms with van der Waals surface area (Å²) in [5, 5.41) is 4.04. The SMILES string of the molecule is NCCC[CH]c1nc(CC2CCCCC2)no1. The smallest absolute Gasteiger partial charge is 0.230 e. The Kier molecular flexibility index (Phi) is 4.98. The Bertz CT molecular complexity index is 318. The summed E-state index contributed by atoms with van der Waals surface area (Å²) >= 11 is 0. The average molecular weight is 236 g/mol. The van der Waals surface area contributed by atoms with E-state index < -0.39 is 0 Å². The van der Waals surface area contributed by atoms with E-state index in [4.69, 9.17) is 10.3 Å². The molecule has 1 radical (unpaired) electrons. The molecule has 95 valence electrons. The molecule has 1 aliphatic carbocycles. The van der Waals surface area contributed by atoms with Gasteiger partial charge < -0.3 is 10.3 Å². The fraction of sp³-hybridized carbons (Fsp3) is 0.769. The first-order chi connectivity index (χ1) is 8.38. The topological polar surface area (TPSA) is 64.9 Å². The molecule has 1 aromatic heterocycles. The molecule has 0 saturated heterocycles. The van der Waals surface area contributed by atoms with Crippen molar-refractivity contribution >= 4 is 0 Å². The minimum atomic E-state index is 0.657. The van der Waals surface area contributed by atoms with Crippen molar-refractivity contribution < 1.29 is 4.52 Å². The average Bonchev–Trinajstić information content (AvgIpc) is 2.79. The molecule has 4 heteroatoms. The van der Waals surface area contributed by atoms with E-state index in [9.17, 15) is 0 Å². The minimum Gasteiger partial charge on any atom is -0.339 e. The molecule has 0 spiro atoms. The van der Waals surface area contributed by atoms with Crippen molar-refractivity contribution in [2.24, 2.45) is 11.7 Å². The van der Waals surface area contributed by atoms with Crippen LogP contribution in [0.15, 0.2) is 4.52 Å². The number of hydrogen-bond donors (Lipinski definition) is 1. The van der Waals surface area contributed by atoms with Crippen molar-refractivity contribution in [3.05, 3.63) is 18.1 Å². The van der Waals surface area contributed by atoms with Gasteiger partial charge in [0.2, 0.25) is 5.89 Å². The van der Waals surface area contributed by atoms with Crippen LogP contribution in [0.4, 0.5) is 0 Å². The first-order valence-electron chi connectivity index (χ1n) is 6.74. The molecular formula is C13H22N3O. The van der Waals surface area contributed by atoms with Crippen LogP contribution < -0.4 is 5.73 Å². The quantitative estimate of drug-likeness (QED) is 0.771. The van der Waals surface area contributed by atoms with Gasteiger partial charge in [-0.15, -0.1) is 0 Å². The van der Waals surface area contributed by atoms with E-state index >= 15 is 0 Å². The molecule has 0 atom stereocenters. The summed E-state index contributed by atoms with van der Waals surface area (Å²) < 4.78 is 5.20. The van der Waals surface area contributed by atoms with Crippen LogP contribution >= 0.6 is 0 Å². The van der Waals surface area contributed by atoms with E-state index in [0.717, 1.165) is 31.0 Å². The number of aromatic nitrogens is 2. The molecule has 0 bridgehead atoms. The number of rotatable bonds is 6. The second-order valence-electron chi connectivity index (χ2n) is 4.89. The third kappa shape index (κ3) is 4.11. The zero-order valence-electron chi connectivity index (χ0n) is 10.4. The highest BCUT2D eigenvalue weighted by atomic mass is 16.5. The van der Waals surface area contributed by atoms with Crippen molar-refractivity contribution in [3.8, 4) is 0 Å². The molecule has 0 aliphatic heterocycles. The summed E-state index contributed by atoms with van der Waals surface area (Å²) in [5.41, 5.74) is 5.43. The van der Waals surface area contributed by atoms with Gasteiger partial charge in [-0.2, -0.15) is 4.98 Å². The molecule has 0 amide bonds. The summed E-state index contributed by atoms with van der Waals surface area (Å²) in [6, 6.07) is 0. The molecule has 1 fully saturated rings. The van der Waals surface area contributed by atoms with Crippen LogP contribution in [0.25, 0.3) is 0 Å². The second-order valence-corrected chi connectivity index (χ2v) is 4.89. The maximum Gasteiger partial charge on any atom is 0.230 e. The third-order valence-electron chi connectivity index (χ3n) is 3.41. The number of nitrogens with two attached hydrogens (primary N) is 1. The first-order valence-corrected chi connectivity index (χ1v) is 6.74. The lowest BCUT2D eigenvalue weighted by molar-refractivity contribution is 0.340. The van der Waals surface area contributed by atoms with E-state index in [1.807, 2.05) is 6.42 Å². The van der Waals surface area contributed by atoms with E-state index in [0.29, 0.717) is 12.4 Å². The molecule has 4 nitrogen and oxygen atoms in total. The van der Waals surface area contributed by atoms with Crippen molar-refractivity contribution in [1.82, 2.24) is 10.1 Å². The summed E-state index contributed by atoms with van der Waals surface area (Å²) in [6.45, 7) is 0.708. The van der Waals surface area contributed by atoms with Crippen LogP contribution in [0.1, 0.15) is 56.7 Å². The van der Waals surface area contributed by atoms with Gasteiger partial charge >= 0.3 is 0 Å². The second kappa shape index (κ2) is 6.74. The standard InChI is InChI=1S/C13H22N3O/c14-9-5-4-8-13-15-12(16-17-13)10-11-6-2-1-3-7-11/h8,11H,1-7,9-10,14H2. The summed E-state index contributed by atoms with van der Waals surface area (Å²) in [4.78, 5) is 4.40. The zero-order valence-corrected chi connectivity index (χ0v) is 10.4. The summed E-state index contributed by atoms with van der Waals surface area (Å²) in [5.74, 6) is 2.29. The van der Waals surface area contributed by atoms with Crippen LogP contribution in [-0.2, 0) is 6.42 Å².